The topological polar surface area (TPSA) is 21.7 Å². The van der Waals surface area contributed by atoms with Crippen molar-refractivity contribution in [2.75, 3.05) is 40.9 Å². The molecular formula is C27H37N2O2+. The van der Waals surface area contributed by atoms with Gasteiger partial charge in [0.1, 0.15) is 11.5 Å². The minimum absolute atomic E-state index is 0.392. The van der Waals surface area contributed by atoms with Crippen molar-refractivity contribution in [2.24, 2.45) is 0 Å². The van der Waals surface area contributed by atoms with E-state index in [0.29, 0.717) is 5.92 Å². The molecule has 0 aromatic heterocycles. The maximum absolute atomic E-state index is 6.23. The number of ether oxygens (including phenoxy) is 2. The molecule has 31 heavy (non-hydrogen) atoms. The molecule has 0 bridgehead atoms. The van der Waals surface area contributed by atoms with Crippen molar-refractivity contribution >= 4 is 0 Å². The highest BCUT2D eigenvalue weighted by Crippen LogP contribution is 2.43. The zero-order valence-corrected chi connectivity index (χ0v) is 19.3. The Morgan fingerprint density at radius 2 is 1.65 bits per heavy atom. The van der Waals surface area contributed by atoms with Crippen LogP contribution in [0.25, 0.3) is 0 Å². The molecule has 1 aliphatic heterocycles. The lowest BCUT2D eigenvalue weighted by atomic mass is 9.84. The van der Waals surface area contributed by atoms with Crippen LogP contribution in [0.4, 0.5) is 0 Å². The highest BCUT2D eigenvalue weighted by molar-refractivity contribution is 5.45. The summed E-state index contributed by atoms with van der Waals surface area (Å²) in [6, 6.07) is 17.1. The van der Waals surface area contributed by atoms with Gasteiger partial charge in [-0.2, -0.15) is 0 Å². The van der Waals surface area contributed by atoms with Crippen molar-refractivity contribution in [3.8, 4) is 11.5 Å². The van der Waals surface area contributed by atoms with Gasteiger partial charge in [-0.05, 0) is 48.0 Å². The SMILES string of the molecule is COc1ccc(C2CN(C)Cc3cc(OCCC[N+](C)(C4CC4)C4CC4)ccc32)cc1. The predicted octanol–water partition coefficient (Wildman–Crippen LogP) is 4.81. The Morgan fingerprint density at radius 1 is 0.968 bits per heavy atom. The van der Waals surface area contributed by atoms with Crippen molar-refractivity contribution in [3.05, 3.63) is 59.2 Å². The first-order valence-corrected chi connectivity index (χ1v) is 12.0. The Morgan fingerprint density at radius 3 is 2.29 bits per heavy atom. The summed E-state index contributed by atoms with van der Waals surface area (Å²) in [5, 5.41) is 0. The van der Waals surface area contributed by atoms with Crippen molar-refractivity contribution in [1.29, 1.82) is 0 Å². The third kappa shape index (κ3) is 4.47. The molecule has 1 atom stereocenters. The van der Waals surface area contributed by atoms with E-state index in [4.69, 9.17) is 9.47 Å². The van der Waals surface area contributed by atoms with Gasteiger partial charge in [0.15, 0.2) is 0 Å². The molecule has 2 aliphatic carbocycles. The lowest BCUT2D eigenvalue weighted by Crippen LogP contribution is -2.49. The molecule has 1 heterocycles. The highest BCUT2D eigenvalue weighted by Gasteiger charge is 2.50. The number of nitrogens with zero attached hydrogens (tertiary/aromatic N) is 2. The molecule has 2 saturated carbocycles. The molecule has 2 aromatic carbocycles. The van der Waals surface area contributed by atoms with Crippen LogP contribution in [0.5, 0.6) is 11.5 Å². The minimum atomic E-state index is 0.392. The van der Waals surface area contributed by atoms with Gasteiger partial charge >= 0.3 is 0 Å². The molecule has 2 aromatic rings. The fourth-order valence-corrected chi connectivity index (χ4v) is 5.62. The van der Waals surface area contributed by atoms with Gasteiger partial charge in [0.25, 0.3) is 0 Å². The van der Waals surface area contributed by atoms with Gasteiger partial charge in [0.05, 0.1) is 39.4 Å². The van der Waals surface area contributed by atoms with Gasteiger partial charge < -0.3 is 18.9 Å². The number of rotatable bonds is 9. The molecular weight excluding hydrogens is 384 g/mol. The zero-order chi connectivity index (χ0) is 21.4. The standard InChI is InChI=1S/C27H37N2O2/c1-28-18-21-17-25(31-16-4-15-29(2,22-7-8-22)23-9-10-23)13-14-26(21)27(19-28)20-5-11-24(30-3)12-6-20/h5-6,11-14,17,22-23,27H,4,7-10,15-16,18-19H2,1-3H3/q+1. The van der Waals surface area contributed by atoms with Crippen LogP contribution in [0.15, 0.2) is 42.5 Å². The molecule has 2 fully saturated rings. The number of likely N-dealkylation sites (N-methyl/N-ethyl adjacent to an activating group) is 1. The second-order valence-electron chi connectivity index (χ2n) is 10.1. The van der Waals surface area contributed by atoms with Gasteiger partial charge in [-0.3, -0.25) is 0 Å². The summed E-state index contributed by atoms with van der Waals surface area (Å²) in [5.41, 5.74) is 4.17. The van der Waals surface area contributed by atoms with Crippen LogP contribution in [-0.4, -0.2) is 62.4 Å². The molecule has 0 amide bonds. The maximum atomic E-state index is 6.23. The third-order valence-corrected chi connectivity index (χ3v) is 7.76. The zero-order valence-electron chi connectivity index (χ0n) is 19.3. The Kier molecular flexibility index (Phi) is 5.70. The Labute approximate surface area is 187 Å². The van der Waals surface area contributed by atoms with Gasteiger partial charge in [0.2, 0.25) is 0 Å². The van der Waals surface area contributed by atoms with Gasteiger partial charge in [-0.15, -0.1) is 0 Å². The van der Waals surface area contributed by atoms with Crippen LogP contribution >= 0.6 is 0 Å². The third-order valence-electron chi connectivity index (χ3n) is 7.76. The molecule has 1 unspecified atom stereocenters. The van der Waals surface area contributed by atoms with E-state index in [9.17, 15) is 0 Å². The molecule has 4 nitrogen and oxygen atoms in total. The second-order valence-corrected chi connectivity index (χ2v) is 10.1. The van der Waals surface area contributed by atoms with Crippen LogP contribution < -0.4 is 9.47 Å². The van der Waals surface area contributed by atoms with Crippen LogP contribution in [0.2, 0.25) is 0 Å². The summed E-state index contributed by atoms with van der Waals surface area (Å²) >= 11 is 0. The Balaban J connectivity index is 1.23. The van der Waals surface area contributed by atoms with Crippen LogP contribution in [-0.2, 0) is 6.54 Å². The molecule has 5 rings (SSSR count). The number of fused-ring (bicyclic) bond motifs is 1. The lowest BCUT2D eigenvalue weighted by molar-refractivity contribution is -0.930. The number of hydrogen-bond donors (Lipinski definition) is 0. The number of benzene rings is 2. The van der Waals surface area contributed by atoms with E-state index in [1.54, 1.807) is 7.11 Å². The monoisotopic (exact) mass is 421 g/mol. The second kappa shape index (κ2) is 8.48. The van der Waals surface area contributed by atoms with E-state index in [0.717, 1.165) is 49.7 Å². The van der Waals surface area contributed by atoms with E-state index in [2.05, 4.69) is 61.5 Å². The summed E-state index contributed by atoms with van der Waals surface area (Å²) in [6.07, 6.45) is 6.88. The molecule has 0 N–H and O–H groups in total. The van der Waals surface area contributed by atoms with E-state index in [1.165, 1.54) is 53.4 Å². The van der Waals surface area contributed by atoms with Crippen molar-refractivity contribution in [2.45, 2.75) is 56.7 Å². The van der Waals surface area contributed by atoms with Crippen LogP contribution in [0.3, 0.4) is 0 Å². The minimum Gasteiger partial charge on any atom is -0.497 e. The number of methoxy groups -OCH3 is 1. The van der Waals surface area contributed by atoms with Crippen molar-refractivity contribution in [1.82, 2.24) is 4.90 Å². The largest absolute Gasteiger partial charge is 0.497 e. The molecule has 166 valence electrons. The number of hydrogen-bond acceptors (Lipinski definition) is 3. The van der Waals surface area contributed by atoms with Crippen molar-refractivity contribution in [3.63, 3.8) is 0 Å². The highest BCUT2D eigenvalue weighted by atomic mass is 16.5. The van der Waals surface area contributed by atoms with E-state index in [-0.39, 0.29) is 0 Å². The van der Waals surface area contributed by atoms with Gasteiger partial charge in [-0.25, -0.2) is 0 Å². The van der Waals surface area contributed by atoms with E-state index >= 15 is 0 Å². The van der Waals surface area contributed by atoms with Gasteiger partial charge in [-0.1, -0.05) is 18.2 Å². The summed E-state index contributed by atoms with van der Waals surface area (Å²) in [5.74, 6) is 2.33. The summed E-state index contributed by atoms with van der Waals surface area (Å²) in [4.78, 5) is 2.41. The van der Waals surface area contributed by atoms with Crippen LogP contribution in [0, 0.1) is 0 Å². The first kappa shape index (κ1) is 20.8. The molecule has 0 saturated heterocycles. The number of quaternary nitrogens is 1. The fourth-order valence-electron chi connectivity index (χ4n) is 5.62. The fraction of sp³-hybridized carbons (Fsp3) is 0.556. The lowest BCUT2D eigenvalue weighted by Gasteiger charge is -2.35. The Hall–Kier alpha value is -2.04. The molecule has 3 aliphatic rings. The summed E-state index contributed by atoms with van der Waals surface area (Å²) < 4.78 is 12.9. The maximum Gasteiger partial charge on any atom is 0.119 e. The summed E-state index contributed by atoms with van der Waals surface area (Å²) in [7, 11) is 6.42. The first-order valence-electron chi connectivity index (χ1n) is 12.0. The normalized spacial score (nSPS) is 21.6. The summed E-state index contributed by atoms with van der Waals surface area (Å²) in [6.45, 7) is 4.11. The molecule has 4 heteroatoms. The predicted molar refractivity (Wildman–Crippen MR) is 125 cm³/mol. The first-order chi connectivity index (χ1) is 15.1. The average molecular weight is 422 g/mol. The van der Waals surface area contributed by atoms with E-state index in [1.807, 2.05) is 0 Å². The average Bonchev–Trinajstić information content (AvgIpc) is 3.67. The quantitative estimate of drug-likeness (QED) is 0.428. The van der Waals surface area contributed by atoms with E-state index < -0.39 is 0 Å². The van der Waals surface area contributed by atoms with Crippen molar-refractivity contribution < 1.29 is 14.0 Å². The molecule has 0 radical (unpaired) electrons. The molecule has 0 spiro atoms. The smallest absolute Gasteiger partial charge is 0.119 e. The van der Waals surface area contributed by atoms with Crippen LogP contribution in [0.1, 0.15) is 54.7 Å². The Bertz CT molecular complexity index is 890. The van der Waals surface area contributed by atoms with Gasteiger partial charge in [0, 0.05) is 51.1 Å².